The van der Waals surface area contributed by atoms with Crippen molar-refractivity contribution in [3.8, 4) is 0 Å². The van der Waals surface area contributed by atoms with Gasteiger partial charge in [-0.2, -0.15) is 4.31 Å². The van der Waals surface area contributed by atoms with Crippen molar-refractivity contribution in [3.05, 3.63) is 29.8 Å². The third-order valence-electron chi connectivity index (χ3n) is 3.98. The van der Waals surface area contributed by atoms with Crippen LogP contribution in [0.5, 0.6) is 0 Å². The molecule has 0 unspecified atom stereocenters. The molecule has 1 fully saturated rings. The van der Waals surface area contributed by atoms with Crippen molar-refractivity contribution in [3.63, 3.8) is 0 Å². The van der Waals surface area contributed by atoms with Gasteiger partial charge in [-0.25, -0.2) is 8.42 Å². The predicted molar refractivity (Wildman–Crippen MR) is 85.9 cm³/mol. The Hall–Kier alpha value is -0.910. The Morgan fingerprint density at radius 1 is 1.05 bits per heavy atom. The summed E-state index contributed by atoms with van der Waals surface area (Å²) in [6.07, 6.45) is 0.982. The second kappa shape index (κ2) is 6.90. The topological polar surface area (TPSA) is 40.6 Å². The van der Waals surface area contributed by atoms with Crippen LogP contribution in [0.2, 0.25) is 0 Å². The van der Waals surface area contributed by atoms with Crippen molar-refractivity contribution in [1.29, 1.82) is 0 Å². The summed E-state index contributed by atoms with van der Waals surface area (Å²) in [7, 11) is -3.33. The molecule has 0 atom stereocenters. The summed E-state index contributed by atoms with van der Waals surface area (Å²) in [6.45, 7) is 10.2. The quantitative estimate of drug-likeness (QED) is 0.837. The molecule has 1 heterocycles. The zero-order chi connectivity index (χ0) is 15.5. The lowest BCUT2D eigenvalue weighted by atomic mass is 10.0. The van der Waals surface area contributed by atoms with E-state index in [1.165, 1.54) is 5.56 Å². The minimum absolute atomic E-state index is 0.417. The Bertz CT molecular complexity index is 544. The number of hydrogen-bond donors (Lipinski definition) is 0. The van der Waals surface area contributed by atoms with Crippen LogP contribution in [0.15, 0.2) is 29.2 Å². The van der Waals surface area contributed by atoms with Crippen molar-refractivity contribution in [2.24, 2.45) is 5.92 Å². The molecule has 0 radical (unpaired) electrons. The third kappa shape index (κ3) is 4.05. The van der Waals surface area contributed by atoms with Crippen molar-refractivity contribution >= 4 is 10.0 Å². The number of piperazine rings is 1. The lowest BCUT2D eigenvalue weighted by molar-refractivity contribution is 0.196. The lowest BCUT2D eigenvalue weighted by Crippen LogP contribution is -2.48. The molecular weight excluding hydrogens is 284 g/mol. The summed E-state index contributed by atoms with van der Waals surface area (Å²) in [4.78, 5) is 2.69. The van der Waals surface area contributed by atoms with Gasteiger partial charge in [0.25, 0.3) is 0 Å². The minimum Gasteiger partial charge on any atom is -0.301 e. The first-order valence-electron chi connectivity index (χ1n) is 7.75. The van der Waals surface area contributed by atoms with Crippen molar-refractivity contribution in [2.75, 3.05) is 32.7 Å². The highest BCUT2D eigenvalue weighted by Crippen LogP contribution is 2.19. The number of rotatable bonds is 5. The molecule has 0 aromatic heterocycles. The molecule has 0 saturated carbocycles. The molecule has 1 aliphatic rings. The van der Waals surface area contributed by atoms with Gasteiger partial charge in [0, 0.05) is 26.2 Å². The van der Waals surface area contributed by atoms with E-state index in [0.29, 0.717) is 23.9 Å². The largest absolute Gasteiger partial charge is 0.301 e. The summed E-state index contributed by atoms with van der Waals surface area (Å²) in [6, 6.07) is 7.38. The number of likely N-dealkylation sites (N-methyl/N-ethyl adjacent to an activating group) is 1. The maximum absolute atomic E-state index is 12.6. The highest BCUT2D eigenvalue weighted by Gasteiger charge is 2.27. The molecule has 4 nitrogen and oxygen atoms in total. The number of benzene rings is 1. The Morgan fingerprint density at radius 2 is 1.62 bits per heavy atom. The van der Waals surface area contributed by atoms with E-state index in [4.69, 9.17) is 0 Å². The van der Waals surface area contributed by atoms with E-state index < -0.39 is 10.0 Å². The molecule has 5 heteroatoms. The smallest absolute Gasteiger partial charge is 0.243 e. The summed E-state index contributed by atoms with van der Waals surface area (Å²) in [5.41, 5.74) is 1.19. The molecule has 2 rings (SSSR count). The molecule has 0 spiro atoms. The Labute approximate surface area is 128 Å². The van der Waals surface area contributed by atoms with E-state index in [1.807, 2.05) is 12.1 Å². The predicted octanol–water partition coefficient (Wildman–Crippen LogP) is 2.21. The highest BCUT2D eigenvalue weighted by atomic mass is 32.2. The van der Waals surface area contributed by atoms with E-state index >= 15 is 0 Å². The summed E-state index contributed by atoms with van der Waals surface area (Å²) >= 11 is 0. The first kappa shape index (κ1) is 16.5. The van der Waals surface area contributed by atoms with Crippen LogP contribution in [0, 0.1) is 5.92 Å². The lowest BCUT2D eigenvalue weighted by Gasteiger charge is -2.33. The first-order chi connectivity index (χ1) is 9.93. The van der Waals surface area contributed by atoms with Gasteiger partial charge in [0.15, 0.2) is 0 Å². The molecule has 0 bridgehead atoms. The molecule has 1 aromatic carbocycles. The fourth-order valence-electron chi connectivity index (χ4n) is 2.70. The minimum atomic E-state index is -3.33. The van der Waals surface area contributed by atoms with E-state index in [2.05, 4.69) is 25.7 Å². The molecule has 0 N–H and O–H groups in total. The van der Waals surface area contributed by atoms with E-state index in [-0.39, 0.29) is 0 Å². The third-order valence-corrected chi connectivity index (χ3v) is 5.90. The Balaban J connectivity index is 2.09. The molecule has 0 aliphatic carbocycles. The normalized spacial score (nSPS) is 18.3. The number of hydrogen-bond acceptors (Lipinski definition) is 3. The van der Waals surface area contributed by atoms with Gasteiger partial charge in [0.1, 0.15) is 0 Å². The van der Waals surface area contributed by atoms with Crippen LogP contribution in [0.3, 0.4) is 0 Å². The summed E-state index contributed by atoms with van der Waals surface area (Å²) in [5.74, 6) is 0.578. The van der Waals surface area contributed by atoms with Gasteiger partial charge < -0.3 is 4.90 Å². The van der Waals surface area contributed by atoms with Gasteiger partial charge in [-0.3, -0.25) is 0 Å². The van der Waals surface area contributed by atoms with Crippen LogP contribution in [0.25, 0.3) is 0 Å². The van der Waals surface area contributed by atoms with E-state index in [0.717, 1.165) is 26.1 Å². The van der Waals surface area contributed by atoms with Gasteiger partial charge in [-0.05, 0) is 36.6 Å². The van der Waals surface area contributed by atoms with Crippen molar-refractivity contribution < 1.29 is 8.42 Å². The van der Waals surface area contributed by atoms with E-state index in [1.54, 1.807) is 16.4 Å². The molecule has 118 valence electrons. The standard InChI is InChI=1S/C16H26N2O2S/c1-4-17-9-11-18(12-10-17)21(19,20)16-7-5-15(6-8-16)13-14(2)3/h5-8,14H,4,9-13H2,1-3H3. The van der Waals surface area contributed by atoms with Crippen LogP contribution < -0.4 is 0 Å². The van der Waals surface area contributed by atoms with Crippen LogP contribution in [0.4, 0.5) is 0 Å². The first-order valence-corrected chi connectivity index (χ1v) is 9.19. The summed E-state index contributed by atoms with van der Waals surface area (Å²) in [5, 5.41) is 0. The summed E-state index contributed by atoms with van der Waals surface area (Å²) < 4.78 is 26.9. The molecule has 21 heavy (non-hydrogen) atoms. The van der Waals surface area contributed by atoms with Crippen LogP contribution in [0.1, 0.15) is 26.3 Å². The second-order valence-corrected chi connectivity index (χ2v) is 8.02. The fourth-order valence-corrected chi connectivity index (χ4v) is 4.13. The van der Waals surface area contributed by atoms with Crippen LogP contribution in [-0.2, 0) is 16.4 Å². The zero-order valence-electron chi connectivity index (χ0n) is 13.2. The fraction of sp³-hybridized carbons (Fsp3) is 0.625. The molecule has 1 aromatic rings. The van der Waals surface area contributed by atoms with Gasteiger partial charge in [-0.1, -0.05) is 32.9 Å². The average Bonchev–Trinajstić information content (AvgIpc) is 2.47. The highest BCUT2D eigenvalue weighted by molar-refractivity contribution is 7.89. The van der Waals surface area contributed by atoms with E-state index in [9.17, 15) is 8.42 Å². The SMILES string of the molecule is CCN1CCN(S(=O)(=O)c2ccc(CC(C)C)cc2)CC1. The molecular formula is C16H26N2O2S. The van der Waals surface area contributed by atoms with Crippen molar-refractivity contribution in [1.82, 2.24) is 9.21 Å². The van der Waals surface area contributed by atoms with Crippen LogP contribution >= 0.6 is 0 Å². The van der Waals surface area contributed by atoms with Gasteiger partial charge >= 0.3 is 0 Å². The van der Waals surface area contributed by atoms with Crippen molar-refractivity contribution in [2.45, 2.75) is 32.1 Å². The van der Waals surface area contributed by atoms with Crippen LogP contribution in [-0.4, -0.2) is 50.3 Å². The second-order valence-electron chi connectivity index (χ2n) is 6.08. The Morgan fingerprint density at radius 3 is 2.10 bits per heavy atom. The molecule has 1 saturated heterocycles. The van der Waals surface area contributed by atoms with Gasteiger partial charge in [0.05, 0.1) is 4.90 Å². The Kier molecular flexibility index (Phi) is 5.41. The number of sulfonamides is 1. The average molecular weight is 310 g/mol. The monoisotopic (exact) mass is 310 g/mol. The molecule has 1 aliphatic heterocycles. The van der Waals surface area contributed by atoms with Gasteiger partial charge in [0.2, 0.25) is 10.0 Å². The molecule has 0 amide bonds. The van der Waals surface area contributed by atoms with Gasteiger partial charge in [-0.15, -0.1) is 0 Å². The number of nitrogens with zero attached hydrogens (tertiary/aromatic N) is 2. The maximum Gasteiger partial charge on any atom is 0.243 e. The maximum atomic E-state index is 12.6. The zero-order valence-corrected chi connectivity index (χ0v) is 14.1.